The van der Waals surface area contributed by atoms with E-state index >= 15 is 0 Å². The summed E-state index contributed by atoms with van der Waals surface area (Å²) in [4.78, 5) is 29.1. The van der Waals surface area contributed by atoms with Gasteiger partial charge in [-0.25, -0.2) is 0 Å². The van der Waals surface area contributed by atoms with Gasteiger partial charge in [0.05, 0.1) is 4.92 Å². The minimum Gasteiger partial charge on any atom is -0.331 e. The summed E-state index contributed by atoms with van der Waals surface area (Å²) in [5.41, 5.74) is 2.06. The number of benzene rings is 1. The van der Waals surface area contributed by atoms with Gasteiger partial charge < -0.3 is 4.90 Å². The number of rotatable bonds is 5. The van der Waals surface area contributed by atoms with Crippen LogP contribution in [0.5, 0.6) is 0 Å². The maximum Gasteiger partial charge on any atom is 0.272 e. The maximum absolute atomic E-state index is 12.8. The summed E-state index contributed by atoms with van der Waals surface area (Å²) in [5.74, 6) is -0.0812. The van der Waals surface area contributed by atoms with Gasteiger partial charge in [0.25, 0.3) is 11.6 Å². The SMILES string of the molecule is Cc1cc(C(=O)N(Cc2ccncc2)C2CC2)ccc1[N+](=O)[O-]. The van der Waals surface area contributed by atoms with Gasteiger partial charge in [-0.3, -0.25) is 19.9 Å². The standard InChI is InChI=1S/C17H17N3O3/c1-12-10-14(2-5-16(12)20(22)23)17(21)19(15-3-4-15)11-13-6-8-18-9-7-13/h2,5-10,15H,3-4,11H2,1H3. The monoisotopic (exact) mass is 311 g/mol. The number of aryl methyl sites for hydroxylation is 1. The largest absolute Gasteiger partial charge is 0.331 e. The van der Waals surface area contributed by atoms with Crippen LogP contribution in [-0.4, -0.2) is 26.8 Å². The Bertz CT molecular complexity index is 742. The molecule has 1 aromatic heterocycles. The van der Waals surface area contributed by atoms with Gasteiger partial charge in [-0.2, -0.15) is 0 Å². The Hall–Kier alpha value is -2.76. The second-order valence-corrected chi connectivity index (χ2v) is 5.78. The third-order valence-electron chi connectivity index (χ3n) is 3.99. The number of nitrogens with zero attached hydrogens (tertiary/aromatic N) is 3. The smallest absolute Gasteiger partial charge is 0.272 e. The lowest BCUT2D eigenvalue weighted by atomic mass is 10.1. The van der Waals surface area contributed by atoms with Crippen molar-refractivity contribution in [1.29, 1.82) is 0 Å². The van der Waals surface area contributed by atoms with Crippen LogP contribution in [0, 0.1) is 17.0 Å². The maximum atomic E-state index is 12.8. The molecule has 6 nitrogen and oxygen atoms in total. The second-order valence-electron chi connectivity index (χ2n) is 5.78. The highest BCUT2D eigenvalue weighted by atomic mass is 16.6. The van der Waals surface area contributed by atoms with Crippen LogP contribution in [0.4, 0.5) is 5.69 Å². The van der Waals surface area contributed by atoms with Crippen LogP contribution in [0.3, 0.4) is 0 Å². The minimum atomic E-state index is -0.431. The number of aromatic nitrogens is 1. The molecule has 0 spiro atoms. The summed E-state index contributed by atoms with van der Waals surface area (Å²) in [6.45, 7) is 2.18. The number of hydrogen-bond donors (Lipinski definition) is 0. The molecule has 1 aliphatic rings. The molecule has 1 fully saturated rings. The van der Waals surface area contributed by atoms with Gasteiger partial charge in [0.15, 0.2) is 0 Å². The van der Waals surface area contributed by atoms with Crippen LogP contribution in [-0.2, 0) is 6.54 Å². The van der Waals surface area contributed by atoms with E-state index in [1.807, 2.05) is 17.0 Å². The Kier molecular flexibility index (Phi) is 4.06. The van der Waals surface area contributed by atoms with Crippen molar-refractivity contribution in [3.63, 3.8) is 0 Å². The van der Waals surface area contributed by atoms with Crippen LogP contribution < -0.4 is 0 Å². The van der Waals surface area contributed by atoms with Crippen LogP contribution in [0.25, 0.3) is 0 Å². The fourth-order valence-corrected chi connectivity index (χ4v) is 2.60. The van der Waals surface area contributed by atoms with E-state index in [1.54, 1.807) is 25.4 Å². The zero-order valence-corrected chi connectivity index (χ0v) is 12.8. The third-order valence-corrected chi connectivity index (χ3v) is 3.99. The summed E-state index contributed by atoms with van der Waals surface area (Å²) < 4.78 is 0. The third kappa shape index (κ3) is 3.36. The van der Waals surface area contributed by atoms with Gasteiger partial charge in [-0.05, 0) is 49.6 Å². The lowest BCUT2D eigenvalue weighted by Gasteiger charge is -2.22. The number of carbonyl (C=O) groups excluding carboxylic acids is 1. The number of carbonyl (C=O) groups is 1. The van der Waals surface area contributed by atoms with E-state index in [9.17, 15) is 14.9 Å². The van der Waals surface area contributed by atoms with Crippen LogP contribution in [0.1, 0.15) is 34.3 Å². The molecule has 1 aromatic carbocycles. The van der Waals surface area contributed by atoms with Crippen molar-refractivity contribution in [2.45, 2.75) is 32.4 Å². The van der Waals surface area contributed by atoms with Gasteiger partial charge in [0.1, 0.15) is 0 Å². The van der Waals surface area contributed by atoms with Crippen LogP contribution in [0.15, 0.2) is 42.7 Å². The number of pyridine rings is 1. The minimum absolute atomic E-state index is 0.0358. The number of amides is 1. The molecule has 6 heteroatoms. The Morgan fingerprint density at radius 1 is 1.30 bits per heavy atom. The Morgan fingerprint density at radius 3 is 2.57 bits per heavy atom. The highest BCUT2D eigenvalue weighted by Crippen LogP contribution is 2.30. The van der Waals surface area contributed by atoms with E-state index in [-0.39, 0.29) is 17.6 Å². The number of hydrogen-bond acceptors (Lipinski definition) is 4. The predicted octanol–water partition coefficient (Wildman–Crippen LogP) is 3.10. The fraction of sp³-hybridized carbons (Fsp3) is 0.294. The zero-order valence-electron chi connectivity index (χ0n) is 12.8. The van der Waals surface area contributed by atoms with Gasteiger partial charge in [0, 0.05) is 42.2 Å². The lowest BCUT2D eigenvalue weighted by Crippen LogP contribution is -2.32. The number of nitro groups is 1. The summed E-state index contributed by atoms with van der Waals surface area (Å²) in [6, 6.07) is 8.58. The van der Waals surface area contributed by atoms with E-state index in [0.717, 1.165) is 18.4 Å². The van der Waals surface area contributed by atoms with E-state index < -0.39 is 4.92 Å². The topological polar surface area (TPSA) is 76.3 Å². The van der Waals surface area contributed by atoms with Crippen molar-refractivity contribution in [3.05, 3.63) is 69.5 Å². The molecule has 0 radical (unpaired) electrons. The van der Waals surface area contributed by atoms with Gasteiger partial charge >= 0.3 is 0 Å². The Morgan fingerprint density at radius 2 is 2.00 bits per heavy atom. The van der Waals surface area contributed by atoms with Gasteiger partial charge in [-0.15, -0.1) is 0 Å². The average Bonchev–Trinajstić information content (AvgIpc) is 3.37. The summed E-state index contributed by atoms with van der Waals surface area (Å²) in [6.07, 6.45) is 5.42. The first-order chi connectivity index (χ1) is 11.1. The Balaban J connectivity index is 1.84. The van der Waals surface area contributed by atoms with Gasteiger partial charge in [0.2, 0.25) is 0 Å². The lowest BCUT2D eigenvalue weighted by molar-refractivity contribution is -0.385. The molecular formula is C17H17N3O3. The molecule has 23 heavy (non-hydrogen) atoms. The molecule has 1 amide bonds. The van der Waals surface area contributed by atoms with Crippen molar-refractivity contribution in [2.75, 3.05) is 0 Å². The summed E-state index contributed by atoms with van der Waals surface area (Å²) in [7, 11) is 0. The number of nitro benzene ring substituents is 1. The molecule has 1 heterocycles. The van der Waals surface area contributed by atoms with Crippen molar-refractivity contribution >= 4 is 11.6 Å². The van der Waals surface area contributed by atoms with E-state index in [1.165, 1.54) is 12.1 Å². The first-order valence-electron chi connectivity index (χ1n) is 7.51. The molecule has 0 saturated heterocycles. The second kappa shape index (κ2) is 6.16. The molecule has 0 N–H and O–H groups in total. The van der Waals surface area contributed by atoms with Crippen molar-refractivity contribution in [1.82, 2.24) is 9.88 Å². The first kappa shape index (κ1) is 15.1. The summed E-state index contributed by atoms with van der Waals surface area (Å²) >= 11 is 0. The molecular weight excluding hydrogens is 294 g/mol. The average molecular weight is 311 g/mol. The van der Waals surface area contributed by atoms with Crippen molar-refractivity contribution in [3.8, 4) is 0 Å². The highest BCUT2D eigenvalue weighted by molar-refractivity contribution is 5.95. The molecule has 0 unspecified atom stereocenters. The van der Waals surface area contributed by atoms with Crippen LogP contribution >= 0.6 is 0 Å². The van der Waals surface area contributed by atoms with E-state index in [4.69, 9.17) is 0 Å². The highest BCUT2D eigenvalue weighted by Gasteiger charge is 2.33. The summed E-state index contributed by atoms with van der Waals surface area (Å²) in [5, 5.41) is 10.9. The van der Waals surface area contributed by atoms with Crippen molar-refractivity contribution in [2.24, 2.45) is 0 Å². The molecule has 0 bridgehead atoms. The van der Waals surface area contributed by atoms with Crippen LogP contribution in [0.2, 0.25) is 0 Å². The molecule has 1 saturated carbocycles. The Labute approximate surface area is 133 Å². The molecule has 2 aromatic rings. The van der Waals surface area contributed by atoms with E-state index in [0.29, 0.717) is 17.7 Å². The quantitative estimate of drug-likeness (QED) is 0.628. The molecule has 1 aliphatic carbocycles. The fourth-order valence-electron chi connectivity index (χ4n) is 2.60. The van der Waals surface area contributed by atoms with Crippen molar-refractivity contribution < 1.29 is 9.72 Å². The van der Waals surface area contributed by atoms with E-state index in [2.05, 4.69) is 4.98 Å². The van der Waals surface area contributed by atoms with Gasteiger partial charge in [-0.1, -0.05) is 0 Å². The molecule has 3 rings (SSSR count). The first-order valence-corrected chi connectivity index (χ1v) is 7.51. The normalized spacial score (nSPS) is 13.6. The zero-order chi connectivity index (χ0) is 16.4. The molecule has 0 atom stereocenters. The molecule has 118 valence electrons. The predicted molar refractivity (Wildman–Crippen MR) is 85.0 cm³/mol. The molecule has 0 aliphatic heterocycles.